The Labute approximate surface area is 96.7 Å². The first-order valence-electron chi connectivity index (χ1n) is 5.52. The van der Waals surface area contributed by atoms with E-state index >= 15 is 0 Å². The van der Waals surface area contributed by atoms with E-state index in [1.807, 2.05) is 26.0 Å². The summed E-state index contributed by atoms with van der Waals surface area (Å²) in [4.78, 5) is 0. The molecule has 4 heteroatoms. The molecule has 1 heterocycles. The molecule has 0 saturated heterocycles. The van der Waals surface area contributed by atoms with Crippen LogP contribution >= 0.6 is 0 Å². The van der Waals surface area contributed by atoms with Gasteiger partial charge < -0.3 is 5.32 Å². The van der Waals surface area contributed by atoms with Gasteiger partial charge >= 0.3 is 0 Å². The lowest BCUT2D eigenvalue weighted by atomic mass is 9.90. The van der Waals surface area contributed by atoms with Crippen LogP contribution in [-0.2, 0) is 6.54 Å². The minimum atomic E-state index is -0.214. The number of nitrogens with one attached hydrogen (secondary N) is 1. The maximum Gasteiger partial charge on any atom is 0.0768 e. The van der Waals surface area contributed by atoms with Crippen LogP contribution < -0.4 is 5.32 Å². The van der Waals surface area contributed by atoms with Crippen LogP contribution in [0.5, 0.6) is 0 Å². The zero-order valence-corrected chi connectivity index (χ0v) is 9.90. The molecule has 86 valence electrons. The molecule has 0 fully saturated rings. The van der Waals surface area contributed by atoms with E-state index in [9.17, 15) is 0 Å². The highest BCUT2D eigenvalue weighted by Crippen LogP contribution is 2.19. The Morgan fingerprint density at radius 1 is 1.50 bits per heavy atom. The van der Waals surface area contributed by atoms with E-state index in [0.717, 1.165) is 31.6 Å². The maximum absolute atomic E-state index is 8.84. The van der Waals surface area contributed by atoms with Crippen LogP contribution in [-0.4, -0.2) is 16.7 Å². The zero-order chi connectivity index (χ0) is 11.9. The van der Waals surface area contributed by atoms with Crippen LogP contribution in [0.1, 0.15) is 32.4 Å². The Balaban J connectivity index is 2.12. The van der Waals surface area contributed by atoms with Crippen molar-refractivity contribution in [1.82, 2.24) is 15.5 Å². The van der Waals surface area contributed by atoms with E-state index in [1.54, 1.807) is 6.20 Å². The normalized spacial score (nSPS) is 11.1. The van der Waals surface area contributed by atoms with Gasteiger partial charge in [0.1, 0.15) is 0 Å². The summed E-state index contributed by atoms with van der Waals surface area (Å²) < 4.78 is 0. The molecule has 0 radical (unpaired) electrons. The fraction of sp³-hybridized carbons (Fsp3) is 0.583. The Hall–Kier alpha value is -1.47. The molecule has 16 heavy (non-hydrogen) atoms. The number of rotatable bonds is 6. The fourth-order valence-electron chi connectivity index (χ4n) is 1.36. The molecule has 0 unspecified atom stereocenters. The smallest absolute Gasteiger partial charge is 0.0768 e. The minimum absolute atomic E-state index is 0.214. The Bertz CT molecular complexity index is 340. The topological polar surface area (TPSA) is 61.6 Å². The van der Waals surface area contributed by atoms with Crippen molar-refractivity contribution < 1.29 is 0 Å². The van der Waals surface area contributed by atoms with Crippen molar-refractivity contribution in [2.45, 2.75) is 33.2 Å². The van der Waals surface area contributed by atoms with Gasteiger partial charge in [0, 0.05) is 12.7 Å². The van der Waals surface area contributed by atoms with Gasteiger partial charge in [0.05, 0.1) is 17.2 Å². The highest BCUT2D eigenvalue weighted by atomic mass is 15.1. The second-order valence-corrected chi connectivity index (χ2v) is 4.49. The molecule has 0 aliphatic heterocycles. The summed E-state index contributed by atoms with van der Waals surface area (Å²) in [5.41, 5.74) is 0.732. The second kappa shape index (κ2) is 6.19. The quantitative estimate of drug-likeness (QED) is 0.741. The molecule has 1 N–H and O–H groups in total. The average Bonchev–Trinajstić information content (AvgIpc) is 2.30. The van der Waals surface area contributed by atoms with Crippen LogP contribution in [0.3, 0.4) is 0 Å². The van der Waals surface area contributed by atoms with Gasteiger partial charge in [-0.25, -0.2) is 0 Å². The van der Waals surface area contributed by atoms with Crippen molar-refractivity contribution in [1.29, 1.82) is 5.26 Å². The van der Waals surface area contributed by atoms with E-state index in [0.29, 0.717) is 0 Å². The molecule has 1 aromatic heterocycles. The predicted molar refractivity (Wildman–Crippen MR) is 62.4 cm³/mol. The van der Waals surface area contributed by atoms with Crippen LogP contribution in [0.25, 0.3) is 0 Å². The molecule has 0 bridgehead atoms. The summed E-state index contributed by atoms with van der Waals surface area (Å²) >= 11 is 0. The molecular formula is C12H18N4. The van der Waals surface area contributed by atoms with E-state index in [-0.39, 0.29) is 5.41 Å². The van der Waals surface area contributed by atoms with Gasteiger partial charge in [-0.1, -0.05) is 0 Å². The highest BCUT2D eigenvalue weighted by molar-refractivity contribution is 4.98. The highest BCUT2D eigenvalue weighted by Gasteiger charge is 2.15. The first-order valence-corrected chi connectivity index (χ1v) is 5.52. The molecule has 0 saturated carbocycles. The van der Waals surface area contributed by atoms with Crippen LogP contribution in [0.4, 0.5) is 0 Å². The van der Waals surface area contributed by atoms with Gasteiger partial charge in [0.15, 0.2) is 0 Å². The zero-order valence-electron chi connectivity index (χ0n) is 9.90. The standard InChI is InChI=1S/C12H18N4/c1-12(2,10-13)6-4-7-14-9-11-5-3-8-15-16-11/h3,5,8,14H,4,6-7,9H2,1-2H3. The van der Waals surface area contributed by atoms with Crippen molar-refractivity contribution in [2.75, 3.05) is 6.54 Å². The third kappa shape index (κ3) is 4.85. The summed E-state index contributed by atoms with van der Waals surface area (Å²) in [6.45, 7) is 5.58. The lowest BCUT2D eigenvalue weighted by molar-refractivity contribution is 0.425. The van der Waals surface area contributed by atoms with Gasteiger partial charge in [-0.2, -0.15) is 15.5 Å². The van der Waals surface area contributed by atoms with E-state index < -0.39 is 0 Å². The summed E-state index contributed by atoms with van der Waals surface area (Å²) in [5, 5.41) is 19.9. The molecular weight excluding hydrogens is 200 g/mol. The van der Waals surface area contributed by atoms with Crippen molar-refractivity contribution in [2.24, 2.45) is 5.41 Å². The third-order valence-electron chi connectivity index (χ3n) is 2.39. The number of nitriles is 1. The molecule has 0 atom stereocenters. The summed E-state index contributed by atoms with van der Waals surface area (Å²) in [6.07, 6.45) is 3.58. The summed E-state index contributed by atoms with van der Waals surface area (Å²) in [7, 11) is 0. The van der Waals surface area contributed by atoms with Crippen molar-refractivity contribution in [3.8, 4) is 6.07 Å². The lowest BCUT2D eigenvalue weighted by Crippen LogP contribution is -2.18. The number of nitrogens with zero attached hydrogens (tertiary/aromatic N) is 3. The second-order valence-electron chi connectivity index (χ2n) is 4.49. The van der Waals surface area contributed by atoms with Crippen molar-refractivity contribution in [3.05, 3.63) is 24.0 Å². The molecule has 1 aromatic rings. The SMILES string of the molecule is CC(C)(C#N)CCCNCc1cccnn1. The van der Waals surface area contributed by atoms with Gasteiger partial charge in [-0.3, -0.25) is 0 Å². The molecule has 1 rings (SSSR count). The molecule has 0 aliphatic rings. The monoisotopic (exact) mass is 218 g/mol. The van der Waals surface area contributed by atoms with Crippen molar-refractivity contribution in [3.63, 3.8) is 0 Å². The first-order chi connectivity index (χ1) is 7.64. The van der Waals surface area contributed by atoms with Gasteiger partial charge in [0.2, 0.25) is 0 Å². The van der Waals surface area contributed by atoms with Gasteiger partial charge in [0.25, 0.3) is 0 Å². The largest absolute Gasteiger partial charge is 0.311 e. The average molecular weight is 218 g/mol. The third-order valence-corrected chi connectivity index (χ3v) is 2.39. The van der Waals surface area contributed by atoms with E-state index in [2.05, 4.69) is 21.6 Å². The Morgan fingerprint density at radius 3 is 2.94 bits per heavy atom. The summed E-state index contributed by atoms with van der Waals surface area (Å²) in [5.74, 6) is 0. The van der Waals surface area contributed by atoms with Crippen LogP contribution in [0.15, 0.2) is 18.3 Å². The van der Waals surface area contributed by atoms with Gasteiger partial charge in [-0.15, -0.1) is 0 Å². The minimum Gasteiger partial charge on any atom is -0.311 e. The Kier molecular flexibility index (Phi) is 4.87. The Morgan fingerprint density at radius 2 is 2.31 bits per heavy atom. The van der Waals surface area contributed by atoms with Crippen LogP contribution in [0.2, 0.25) is 0 Å². The molecule has 0 aliphatic carbocycles. The van der Waals surface area contributed by atoms with Gasteiger partial charge in [-0.05, 0) is 45.4 Å². The van der Waals surface area contributed by atoms with E-state index in [1.165, 1.54) is 0 Å². The summed E-state index contributed by atoms with van der Waals surface area (Å²) in [6, 6.07) is 6.12. The molecule has 0 amide bonds. The molecule has 0 spiro atoms. The molecule has 4 nitrogen and oxygen atoms in total. The maximum atomic E-state index is 8.84. The van der Waals surface area contributed by atoms with Crippen LogP contribution in [0, 0.1) is 16.7 Å². The molecule has 0 aromatic carbocycles. The van der Waals surface area contributed by atoms with E-state index in [4.69, 9.17) is 5.26 Å². The number of aromatic nitrogens is 2. The fourth-order valence-corrected chi connectivity index (χ4v) is 1.36. The number of hydrogen-bond acceptors (Lipinski definition) is 4. The number of hydrogen-bond donors (Lipinski definition) is 1. The van der Waals surface area contributed by atoms with Crippen molar-refractivity contribution >= 4 is 0 Å². The lowest BCUT2D eigenvalue weighted by Gasteiger charge is -2.14. The first kappa shape index (κ1) is 12.6. The predicted octanol–water partition coefficient (Wildman–Crippen LogP) is 1.90.